The summed E-state index contributed by atoms with van der Waals surface area (Å²) in [5.74, 6) is 1.54. The molecule has 0 aromatic carbocycles. The van der Waals surface area contributed by atoms with Crippen molar-refractivity contribution in [3.05, 3.63) is 11.7 Å². The molecule has 2 rings (SSSR count). The van der Waals surface area contributed by atoms with E-state index >= 15 is 0 Å². The second-order valence-electron chi connectivity index (χ2n) is 5.30. The lowest BCUT2D eigenvalue weighted by molar-refractivity contribution is -0.133. The first-order valence-corrected chi connectivity index (χ1v) is 7.15. The van der Waals surface area contributed by atoms with E-state index in [-0.39, 0.29) is 11.9 Å². The van der Waals surface area contributed by atoms with Gasteiger partial charge in [0.25, 0.3) is 0 Å². The van der Waals surface area contributed by atoms with E-state index in [9.17, 15) is 4.79 Å². The van der Waals surface area contributed by atoms with Gasteiger partial charge >= 0.3 is 0 Å². The van der Waals surface area contributed by atoms with Gasteiger partial charge in [-0.05, 0) is 6.92 Å². The fourth-order valence-corrected chi connectivity index (χ4v) is 2.26. The number of aryl methyl sites for hydroxylation is 1. The fourth-order valence-electron chi connectivity index (χ4n) is 2.26. The van der Waals surface area contributed by atoms with Crippen LogP contribution in [0.15, 0.2) is 4.52 Å². The number of amides is 1. The van der Waals surface area contributed by atoms with Gasteiger partial charge < -0.3 is 15.2 Å². The largest absolute Gasteiger partial charge is 0.340 e. The Bertz CT molecular complexity index is 438. The Balaban J connectivity index is 1.78. The van der Waals surface area contributed by atoms with Gasteiger partial charge in [0.1, 0.15) is 0 Å². The summed E-state index contributed by atoms with van der Waals surface area (Å²) in [5, 5.41) is 3.95. The Kier molecular flexibility index (Phi) is 5.08. The van der Waals surface area contributed by atoms with E-state index in [1.807, 2.05) is 18.7 Å². The average molecular weight is 281 g/mol. The summed E-state index contributed by atoms with van der Waals surface area (Å²) < 4.78 is 5.09. The van der Waals surface area contributed by atoms with Gasteiger partial charge in [0.2, 0.25) is 11.8 Å². The maximum Gasteiger partial charge on any atom is 0.226 e. The van der Waals surface area contributed by atoms with Gasteiger partial charge in [0.15, 0.2) is 5.82 Å². The Labute approximate surface area is 119 Å². The lowest BCUT2D eigenvalue weighted by Gasteiger charge is -2.34. The number of rotatable bonds is 5. The zero-order valence-corrected chi connectivity index (χ0v) is 12.2. The maximum atomic E-state index is 11.9. The minimum absolute atomic E-state index is 0.0766. The van der Waals surface area contributed by atoms with Crippen molar-refractivity contribution < 1.29 is 9.32 Å². The monoisotopic (exact) mass is 281 g/mol. The SMILES string of the molecule is CCc1nc(CN2CCN(C(=O)CC(C)N)CC2)no1. The van der Waals surface area contributed by atoms with Crippen molar-refractivity contribution in [1.82, 2.24) is 19.9 Å². The van der Waals surface area contributed by atoms with Crippen LogP contribution in [0.5, 0.6) is 0 Å². The molecule has 1 atom stereocenters. The van der Waals surface area contributed by atoms with E-state index in [4.69, 9.17) is 10.3 Å². The molecule has 1 amide bonds. The van der Waals surface area contributed by atoms with Crippen LogP contribution in [0.25, 0.3) is 0 Å². The highest BCUT2D eigenvalue weighted by molar-refractivity contribution is 5.76. The molecular weight excluding hydrogens is 258 g/mol. The molecule has 2 N–H and O–H groups in total. The number of nitrogens with two attached hydrogens (primary N) is 1. The summed E-state index contributed by atoms with van der Waals surface area (Å²) in [6, 6.07) is -0.0766. The standard InChI is InChI=1S/C13H23N5O2/c1-3-12-15-11(16-20-12)9-17-4-6-18(7-5-17)13(19)8-10(2)14/h10H,3-9,14H2,1-2H3. The Hall–Kier alpha value is -1.47. The molecule has 0 spiro atoms. The van der Waals surface area contributed by atoms with Gasteiger partial charge in [-0.3, -0.25) is 9.69 Å². The molecule has 112 valence electrons. The van der Waals surface area contributed by atoms with Crippen molar-refractivity contribution in [2.24, 2.45) is 5.73 Å². The molecule has 7 heteroatoms. The third-order valence-electron chi connectivity index (χ3n) is 3.40. The second-order valence-corrected chi connectivity index (χ2v) is 5.30. The molecule has 1 saturated heterocycles. The first kappa shape index (κ1) is 14.9. The smallest absolute Gasteiger partial charge is 0.226 e. The molecule has 1 unspecified atom stereocenters. The number of aromatic nitrogens is 2. The van der Waals surface area contributed by atoms with Crippen LogP contribution in [-0.4, -0.2) is 58.1 Å². The first-order chi connectivity index (χ1) is 9.58. The minimum Gasteiger partial charge on any atom is -0.340 e. The maximum absolute atomic E-state index is 11.9. The quantitative estimate of drug-likeness (QED) is 0.818. The van der Waals surface area contributed by atoms with Gasteiger partial charge in [0, 0.05) is 45.1 Å². The number of carbonyl (C=O) groups excluding carboxylic acids is 1. The predicted molar refractivity (Wildman–Crippen MR) is 73.8 cm³/mol. The van der Waals surface area contributed by atoms with E-state index in [1.54, 1.807) is 0 Å². The van der Waals surface area contributed by atoms with Gasteiger partial charge in [-0.15, -0.1) is 0 Å². The molecular formula is C13H23N5O2. The highest BCUT2D eigenvalue weighted by atomic mass is 16.5. The van der Waals surface area contributed by atoms with Crippen molar-refractivity contribution in [3.63, 3.8) is 0 Å². The van der Waals surface area contributed by atoms with Crippen LogP contribution in [0.3, 0.4) is 0 Å². The van der Waals surface area contributed by atoms with Crippen LogP contribution in [0.2, 0.25) is 0 Å². The minimum atomic E-state index is -0.0766. The van der Waals surface area contributed by atoms with Crippen LogP contribution in [-0.2, 0) is 17.8 Å². The number of nitrogens with zero attached hydrogens (tertiary/aromatic N) is 4. The Morgan fingerprint density at radius 1 is 1.40 bits per heavy atom. The van der Waals surface area contributed by atoms with E-state index in [1.165, 1.54) is 0 Å². The predicted octanol–water partition coefficient (Wildman–Crippen LogP) is 0.0135. The Morgan fingerprint density at radius 2 is 2.10 bits per heavy atom. The molecule has 0 radical (unpaired) electrons. The molecule has 7 nitrogen and oxygen atoms in total. The van der Waals surface area contributed by atoms with Gasteiger partial charge in [0.05, 0.1) is 6.54 Å². The van der Waals surface area contributed by atoms with E-state index in [0.717, 1.165) is 38.4 Å². The summed E-state index contributed by atoms with van der Waals surface area (Å²) in [4.78, 5) is 20.3. The summed E-state index contributed by atoms with van der Waals surface area (Å²) >= 11 is 0. The van der Waals surface area contributed by atoms with Crippen LogP contribution >= 0.6 is 0 Å². The third kappa shape index (κ3) is 4.01. The van der Waals surface area contributed by atoms with Crippen molar-refractivity contribution in [2.45, 2.75) is 39.3 Å². The van der Waals surface area contributed by atoms with Crippen molar-refractivity contribution in [3.8, 4) is 0 Å². The molecule has 1 aromatic heterocycles. The highest BCUT2D eigenvalue weighted by Gasteiger charge is 2.22. The molecule has 20 heavy (non-hydrogen) atoms. The zero-order chi connectivity index (χ0) is 14.5. The highest BCUT2D eigenvalue weighted by Crippen LogP contribution is 2.08. The number of carbonyl (C=O) groups is 1. The summed E-state index contributed by atoms with van der Waals surface area (Å²) in [6.45, 7) is 7.67. The normalized spacial score (nSPS) is 18.2. The lowest BCUT2D eigenvalue weighted by atomic mass is 10.2. The van der Waals surface area contributed by atoms with Crippen LogP contribution in [0, 0.1) is 0 Å². The average Bonchev–Trinajstić information content (AvgIpc) is 2.86. The van der Waals surface area contributed by atoms with Crippen LogP contribution in [0.1, 0.15) is 32.0 Å². The first-order valence-electron chi connectivity index (χ1n) is 7.15. The van der Waals surface area contributed by atoms with E-state index in [0.29, 0.717) is 18.9 Å². The molecule has 1 aromatic rings. The summed E-state index contributed by atoms with van der Waals surface area (Å²) in [5.41, 5.74) is 5.66. The van der Waals surface area contributed by atoms with Gasteiger partial charge in [-0.1, -0.05) is 12.1 Å². The molecule has 0 bridgehead atoms. The fraction of sp³-hybridized carbons (Fsp3) is 0.769. The second kappa shape index (κ2) is 6.81. The van der Waals surface area contributed by atoms with E-state index < -0.39 is 0 Å². The Morgan fingerprint density at radius 3 is 2.65 bits per heavy atom. The number of piperazine rings is 1. The van der Waals surface area contributed by atoms with Gasteiger partial charge in [-0.2, -0.15) is 4.98 Å². The summed E-state index contributed by atoms with van der Waals surface area (Å²) in [7, 11) is 0. The van der Waals surface area contributed by atoms with Crippen molar-refractivity contribution in [2.75, 3.05) is 26.2 Å². The third-order valence-corrected chi connectivity index (χ3v) is 3.40. The lowest BCUT2D eigenvalue weighted by Crippen LogP contribution is -2.49. The molecule has 0 saturated carbocycles. The van der Waals surface area contributed by atoms with Crippen molar-refractivity contribution >= 4 is 5.91 Å². The van der Waals surface area contributed by atoms with E-state index in [2.05, 4.69) is 15.0 Å². The zero-order valence-electron chi connectivity index (χ0n) is 12.2. The van der Waals surface area contributed by atoms with Crippen LogP contribution < -0.4 is 5.73 Å². The molecule has 1 aliphatic rings. The van der Waals surface area contributed by atoms with Crippen molar-refractivity contribution in [1.29, 1.82) is 0 Å². The topological polar surface area (TPSA) is 88.5 Å². The molecule has 0 aliphatic carbocycles. The molecule has 1 aliphatic heterocycles. The van der Waals surface area contributed by atoms with Gasteiger partial charge in [-0.25, -0.2) is 0 Å². The molecule has 1 fully saturated rings. The van der Waals surface area contributed by atoms with Crippen LogP contribution in [0.4, 0.5) is 0 Å². The number of hydrogen-bond acceptors (Lipinski definition) is 6. The molecule has 2 heterocycles. The number of hydrogen-bond donors (Lipinski definition) is 1. The summed E-state index contributed by atoms with van der Waals surface area (Å²) in [6.07, 6.45) is 1.18.